The molecule has 1 heterocycles. The molecule has 1 aliphatic carbocycles. The summed E-state index contributed by atoms with van der Waals surface area (Å²) < 4.78 is 0. The van der Waals surface area contributed by atoms with E-state index < -0.39 is 11.9 Å². The minimum atomic E-state index is -0.807. The number of carbonyl (C=O) groups is 2. The van der Waals surface area contributed by atoms with Gasteiger partial charge in [0.1, 0.15) is 0 Å². The molecule has 0 saturated heterocycles. The second kappa shape index (κ2) is 6.86. The highest BCUT2D eigenvalue weighted by Gasteiger charge is 2.30. The third kappa shape index (κ3) is 3.55. The fourth-order valence-electron chi connectivity index (χ4n) is 3.40. The number of carboxylic acid groups (broad SMARTS) is 1. The molecule has 0 spiro atoms. The molecule has 122 valence electrons. The van der Waals surface area contributed by atoms with Gasteiger partial charge < -0.3 is 15.4 Å². The number of amides is 1. The molecule has 2 unspecified atom stereocenters. The van der Waals surface area contributed by atoms with Crippen LogP contribution in [-0.2, 0) is 4.79 Å². The first-order chi connectivity index (χ1) is 11.1. The summed E-state index contributed by atoms with van der Waals surface area (Å²) in [5.41, 5.74) is 1.55. The zero-order valence-electron chi connectivity index (χ0n) is 13.0. The average molecular weight is 314 g/mol. The number of fused-ring (bicyclic) bond motifs is 1. The number of carbonyl (C=O) groups excluding carboxylic acids is 1. The molecule has 0 bridgehead atoms. The molecule has 5 nitrogen and oxygen atoms in total. The van der Waals surface area contributed by atoms with E-state index in [1.54, 1.807) is 6.07 Å². The van der Waals surface area contributed by atoms with Crippen molar-refractivity contribution in [3.05, 3.63) is 36.0 Å². The number of aromatic nitrogens is 1. The van der Waals surface area contributed by atoms with Gasteiger partial charge in [-0.25, -0.2) is 0 Å². The van der Waals surface area contributed by atoms with E-state index in [4.69, 9.17) is 0 Å². The Labute approximate surface area is 135 Å². The third-order valence-electron chi connectivity index (χ3n) is 4.72. The maximum absolute atomic E-state index is 12.5. The van der Waals surface area contributed by atoms with Gasteiger partial charge in [0.15, 0.2) is 0 Å². The van der Waals surface area contributed by atoms with Gasteiger partial charge in [-0.15, -0.1) is 0 Å². The van der Waals surface area contributed by atoms with Gasteiger partial charge in [-0.1, -0.05) is 25.7 Å². The lowest BCUT2D eigenvalue weighted by Crippen LogP contribution is -2.43. The summed E-state index contributed by atoms with van der Waals surface area (Å²) >= 11 is 0. The number of carboxylic acids is 1. The number of aliphatic carboxylic acids is 1. The molecule has 3 rings (SSSR count). The molecule has 0 radical (unpaired) electrons. The van der Waals surface area contributed by atoms with Crippen molar-refractivity contribution in [2.45, 2.75) is 44.6 Å². The average Bonchev–Trinajstić information content (AvgIpc) is 2.97. The van der Waals surface area contributed by atoms with E-state index in [1.165, 1.54) is 0 Å². The molecule has 5 heteroatoms. The Bertz CT molecular complexity index is 707. The van der Waals surface area contributed by atoms with Crippen molar-refractivity contribution in [2.75, 3.05) is 0 Å². The van der Waals surface area contributed by atoms with Crippen molar-refractivity contribution >= 4 is 22.8 Å². The number of benzene rings is 1. The first-order valence-electron chi connectivity index (χ1n) is 8.26. The molecule has 1 saturated carbocycles. The van der Waals surface area contributed by atoms with Crippen LogP contribution in [0.2, 0.25) is 0 Å². The maximum atomic E-state index is 12.5. The van der Waals surface area contributed by atoms with Crippen LogP contribution in [0.1, 0.15) is 48.9 Å². The van der Waals surface area contributed by atoms with Crippen molar-refractivity contribution in [2.24, 2.45) is 5.92 Å². The van der Waals surface area contributed by atoms with Crippen LogP contribution >= 0.6 is 0 Å². The van der Waals surface area contributed by atoms with Crippen molar-refractivity contribution in [3.63, 3.8) is 0 Å². The maximum Gasteiger partial charge on any atom is 0.308 e. The van der Waals surface area contributed by atoms with Gasteiger partial charge >= 0.3 is 5.97 Å². The first kappa shape index (κ1) is 15.6. The summed E-state index contributed by atoms with van der Waals surface area (Å²) in [5, 5.41) is 13.4. The molecular weight excluding hydrogens is 292 g/mol. The normalized spacial score (nSPS) is 22.3. The standard InChI is InChI=1S/C18H22N2O3/c21-17(13-7-8-15-12(11-13)9-10-19-15)20-16-6-4-2-1-3-5-14(16)18(22)23/h7-11,14,16,19H,1-6H2,(H,20,21)(H,22,23). The second-order valence-corrected chi connectivity index (χ2v) is 6.30. The van der Waals surface area contributed by atoms with Crippen LogP contribution in [-0.4, -0.2) is 28.0 Å². The Morgan fingerprint density at radius 2 is 1.87 bits per heavy atom. The summed E-state index contributed by atoms with van der Waals surface area (Å²) in [6, 6.07) is 7.11. The summed E-state index contributed by atoms with van der Waals surface area (Å²) in [6.45, 7) is 0. The Kier molecular flexibility index (Phi) is 4.65. The zero-order valence-corrected chi connectivity index (χ0v) is 13.0. The van der Waals surface area contributed by atoms with Gasteiger partial charge in [-0.2, -0.15) is 0 Å². The number of nitrogens with one attached hydrogen (secondary N) is 2. The van der Waals surface area contributed by atoms with Crippen molar-refractivity contribution in [1.29, 1.82) is 0 Å². The Hall–Kier alpha value is -2.30. The first-order valence-corrected chi connectivity index (χ1v) is 8.26. The Balaban J connectivity index is 1.76. The van der Waals surface area contributed by atoms with E-state index in [1.807, 2.05) is 24.4 Å². The minimum Gasteiger partial charge on any atom is -0.481 e. The fourth-order valence-corrected chi connectivity index (χ4v) is 3.40. The van der Waals surface area contributed by atoms with Gasteiger partial charge in [-0.05, 0) is 37.1 Å². The van der Waals surface area contributed by atoms with Crippen LogP contribution in [0.4, 0.5) is 0 Å². The molecule has 1 fully saturated rings. The van der Waals surface area contributed by atoms with Crippen LogP contribution in [0.15, 0.2) is 30.5 Å². The predicted molar refractivity (Wildman–Crippen MR) is 88.4 cm³/mol. The largest absolute Gasteiger partial charge is 0.481 e. The van der Waals surface area contributed by atoms with E-state index in [9.17, 15) is 14.7 Å². The van der Waals surface area contributed by atoms with Gasteiger partial charge in [0.25, 0.3) is 5.91 Å². The van der Waals surface area contributed by atoms with Crippen LogP contribution in [0, 0.1) is 5.92 Å². The van der Waals surface area contributed by atoms with E-state index in [0.29, 0.717) is 12.0 Å². The summed E-state index contributed by atoms with van der Waals surface area (Å²) in [7, 11) is 0. The molecule has 1 aliphatic rings. The van der Waals surface area contributed by atoms with Gasteiger partial charge in [-0.3, -0.25) is 9.59 Å². The Morgan fingerprint density at radius 1 is 1.09 bits per heavy atom. The molecule has 0 aliphatic heterocycles. The molecule has 1 aromatic carbocycles. The second-order valence-electron chi connectivity index (χ2n) is 6.30. The molecule has 23 heavy (non-hydrogen) atoms. The lowest BCUT2D eigenvalue weighted by molar-refractivity contribution is -0.143. The molecule has 2 atom stereocenters. The molecular formula is C18H22N2O3. The van der Waals surface area contributed by atoms with E-state index >= 15 is 0 Å². The Morgan fingerprint density at radius 3 is 2.65 bits per heavy atom. The monoisotopic (exact) mass is 314 g/mol. The molecule has 2 aromatic rings. The summed E-state index contributed by atoms with van der Waals surface area (Å²) in [5.74, 6) is -1.49. The van der Waals surface area contributed by atoms with Crippen LogP contribution in [0.3, 0.4) is 0 Å². The number of hydrogen-bond donors (Lipinski definition) is 3. The van der Waals surface area contributed by atoms with E-state index in [-0.39, 0.29) is 11.9 Å². The highest BCUT2D eigenvalue weighted by Crippen LogP contribution is 2.24. The smallest absolute Gasteiger partial charge is 0.308 e. The van der Waals surface area contributed by atoms with Crippen molar-refractivity contribution in [3.8, 4) is 0 Å². The fraction of sp³-hybridized carbons (Fsp3) is 0.444. The third-order valence-corrected chi connectivity index (χ3v) is 4.72. The lowest BCUT2D eigenvalue weighted by Gasteiger charge is -2.27. The van der Waals surface area contributed by atoms with Crippen LogP contribution in [0.25, 0.3) is 10.9 Å². The minimum absolute atomic E-state index is 0.190. The lowest BCUT2D eigenvalue weighted by atomic mass is 9.86. The molecule has 1 aromatic heterocycles. The highest BCUT2D eigenvalue weighted by molar-refractivity contribution is 5.98. The van der Waals surface area contributed by atoms with E-state index in [0.717, 1.165) is 43.0 Å². The van der Waals surface area contributed by atoms with Crippen LogP contribution in [0.5, 0.6) is 0 Å². The van der Waals surface area contributed by atoms with Gasteiger partial charge in [0.2, 0.25) is 0 Å². The molecule has 3 N–H and O–H groups in total. The van der Waals surface area contributed by atoms with Gasteiger partial charge in [0, 0.05) is 28.7 Å². The summed E-state index contributed by atoms with van der Waals surface area (Å²) in [4.78, 5) is 27.2. The number of rotatable bonds is 3. The van der Waals surface area contributed by atoms with E-state index in [2.05, 4.69) is 10.3 Å². The summed E-state index contributed by atoms with van der Waals surface area (Å²) in [6.07, 6.45) is 7.26. The predicted octanol–water partition coefficient (Wildman–Crippen LogP) is 3.32. The number of hydrogen-bond acceptors (Lipinski definition) is 2. The zero-order chi connectivity index (χ0) is 16.2. The van der Waals surface area contributed by atoms with Crippen LogP contribution < -0.4 is 5.32 Å². The number of H-pyrrole nitrogens is 1. The highest BCUT2D eigenvalue weighted by atomic mass is 16.4. The SMILES string of the molecule is O=C(NC1CCCCCCC1C(=O)O)c1ccc2[nH]ccc2c1. The molecule has 1 amide bonds. The topological polar surface area (TPSA) is 82.2 Å². The van der Waals surface area contributed by atoms with Gasteiger partial charge in [0.05, 0.1) is 5.92 Å². The van der Waals surface area contributed by atoms with Crippen molar-refractivity contribution in [1.82, 2.24) is 10.3 Å². The van der Waals surface area contributed by atoms with Crippen molar-refractivity contribution < 1.29 is 14.7 Å². The number of aromatic amines is 1. The quantitative estimate of drug-likeness (QED) is 0.812.